The van der Waals surface area contributed by atoms with Crippen LogP contribution in [-0.4, -0.2) is 68.5 Å². The van der Waals surface area contributed by atoms with Gasteiger partial charge in [-0.3, -0.25) is 9.36 Å². The number of hydrogen-bond donors (Lipinski definition) is 2. The lowest BCUT2D eigenvalue weighted by molar-refractivity contribution is -0.870. The van der Waals surface area contributed by atoms with Crippen LogP contribution >= 0.6 is 7.82 Å². The second-order valence-corrected chi connectivity index (χ2v) is 27.4. The van der Waals surface area contributed by atoms with Gasteiger partial charge in [0.05, 0.1) is 39.9 Å². The molecule has 0 aliphatic rings. The molecule has 476 valence electrons. The molecule has 3 atom stereocenters. The van der Waals surface area contributed by atoms with E-state index >= 15 is 0 Å². The maximum absolute atomic E-state index is 13.0. The van der Waals surface area contributed by atoms with Crippen LogP contribution in [0, 0.1) is 0 Å². The second kappa shape index (κ2) is 62.5. The fourth-order valence-electron chi connectivity index (χ4n) is 11.1. The van der Waals surface area contributed by atoms with Crippen molar-refractivity contribution in [2.75, 3.05) is 40.9 Å². The van der Waals surface area contributed by atoms with Crippen molar-refractivity contribution in [1.29, 1.82) is 0 Å². The summed E-state index contributed by atoms with van der Waals surface area (Å²) in [4.78, 5) is 25.6. The SMILES string of the molecule is CCCCCCCCCCCCCCCCCCCCCCCCCCCC/C=C/CC/C=C/C(O)C(COP(=O)([O-])OCC[N+](C)(C)C)NC(=O)CCCCCCCCCCCCCCCCCCCCCCCCCCCC. The van der Waals surface area contributed by atoms with Gasteiger partial charge in [-0.1, -0.05) is 359 Å². The van der Waals surface area contributed by atoms with Crippen molar-refractivity contribution in [3.8, 4) is 0 Å². The van der Waals surface area contributed by atoms with E-state index in [1.54, 1.807) is 6.08 Å². The van der Waals surface area contributed by atoms with Crippen molar-refractivity contribution in [2.24, 2.45) is 0 Å². The Morgan fingerprint density at radius 1 is 0.425 bits per heavy atom. The van der Waals surface area contributed by atoms with Gasteiger partial charge in [0.2, 0.25) is 5.91 Å². The van der Waals surface area contributed by atoms with Crippen LogP contribution in [0.2, 0.25) is 0 Å². The molecule has 1 amide bonds. The van der Waals surface area contributed by atoms with Gasteiger partial charge in [-0.25, -0.2) is 0 Å². The lowest BCUT2D eigenvalue weighted by atomic mass is 10.0. The molecule has 0 spiro atoms. The molecule has 0 aromatic heterocycles. The highest BCUT2D eigenvalue weighted by molar-refractivity contribution is 7.45. The molecule has 8 nitrogen and oxygen atoms in total. The summed E-state index contributed by atoms with van der Waals surface area (Å²) in [5.41, 5.74) is 0. The van der Waals surface area contributed by atoms with Crippen molar-refractivity contribution in [2.45, 2.75) is 386 Å². The number of aliphatic hydroxyl groups is 1. The van der Waals surface area contributed by atoms with Crippen LogP contribution in [0.5, 0.6) is 0 Å². The number of quaternary nitrogens is 1. The van der Waals surface area contributed by atoms with Gasteiger partial charge in [0.15, 0.2) is 0 Å². The van der Waals surface area contributed by atoms with Gasteiger partial charge in [-0.05, 0) is 32.1 Å². The van der Waals surface area contributed by atoms with Crippen molar-refractivity contribution in [3.05, 3.63) is 24.3 Å². The number of carbonyl (C=O) groups excluding carboxylic acids is 1. The molecule has 0 saturated carbocycles. The number of likely N-dealkylation sites (N-methyl/N-ethyl adjacent to an activating group) is 1. The maximum Gasteiger partial charge on any atom is 0.268 e. The number of carbonyl (C=O) groups is 1. The van der Waals surface area contributed by atoms with Gasteiger partial charge in [-0.2, -0.15) is 0 Å². The maximum atomic E-state index is 13.0. The first kappa shape index (κ1) is 79.0. The van der Waals surface area contributed by atoms with Crippen LogP contribution in [0.15, 0.2) is 24.3 Å². The summed E-state index contributed by atoms with van der Waals surface area (Å²) in [7, 11) is 1.26. The number of nitrogens with one attached hydrogen (secondary N) is 1. The standard InChI is InChI=1S/C71H141N2O6P/c1-6-8-10-12-14-16-18-20-22-24-26-28-30-32-34-35-36-37-38-39-40-42-44-46-48-50-52-54-56-58-60-62-64-70(74)69(68-79-80(76,77)78-67-66-73(3,4)5)72-71(75)65-63-61-59-57-55-53-51-49-47-45-43-41-33-31-29-27-25-23-21-19-17-15-13-11-9-7-2/h54,56,62,64,69-70,74H,6-53,55,57-61,63,65-68H2,1-5H3,(H-,72,75,76,77)/b56-54+,64-62+. The number of rotatable bonds is 67. The molecular weight excluding hydrogens is 1010 g/mol. The third-order valence-electron chi connectivity index (χ3n) is 16.7. The Kier molecular flexibility index (Phi) is 61.7. The number of phosphoric ester groups is 1. The molecule has 0 aliphatic carbocycles. The third kappa shape index (κ3) is 64.5. The van der Waals surface area contributed by atoms with E-state index in [1.165, 1.54) is 315 Å². The number of hydrogen-bond acceptors (Lipinski definition) is 6. The zero-order valence-corrected chi connectivity index (χ0v) is 55.5. The molecule has 0 fully saturated rings. The van der Waals surface area contributed by atoms with Crippen molar-refractivity contribution in [1.82, 2.24) is 5.32 Å². The molecule has 9 heteroatoms. The van der Waals surface area contributed by atoms with E-state index < -0.39 is 20.0 Å². The number of aliphatic hydroxyl groups excluding tert-OH is 1. The Hall–Kier alpha value is -1.02. The molecule has 0 bridgehead atoms. The molecule has 80 heavy (non-hydrogen) atoms. The second-order valence-electron chi connectivity index (χ2n) is 25.9. The summed E-state index contributed by atoms with van der Waals surface area (Å²) in [6.45, 7) is 4.70. The minimum absolute atomic E-state index is 0.00338. The van der Waals surface area contributed by atoms with Gasteiger partial charge < -0.3 is 28.8 Å². The highest BCUT2D eigenvalue weighted by Crippen LogP contribution is 2.38. The Bertz CT molecular complexity index is 1350. The van der Waals surface area contributed by atoms with E-state index in [0.717, 1.165) is 38.5 Å². The highest BCUT2D eigenvalue weighted by atomic mass is 31.2. The smallest absolute Gasteiger partial charge is 0.268 e. The molecule has 0 aliphatic heterocycles. The van der Waals surface area contributed by atoms with Crippen LogP contribution in [0.1, 0.15) is 373 Å². The van der Waals surface area contributed by atoms with Crippen LogP contribution in [-0.2, 0) is 18.4 Å². The topological polar surface area (TPSA) is 108 Å². The molecule has 0 saturated heterocycles. The zero-order chi connectivity index (χ0) is 58.4. The fraction of sp³-hybridized carbons (Fsp3) is 0.930. The summed E-state index contributed by atoms with van der Waals surface area (Å²) < 4.78 is 23.4. The summed E-state index contributed by atoms with van der Waals surface area (Å²) in [6.07, 6.45) is 81.8. The van der Waals surface area contributed by atoms with Gasteiger partial charge in [0, 0.05) is 6.42 Å². The highest BCUT2D eigenvalue weighted by Gasteiger charge is 2.23. The predicted molar refractivity (Wildman–Crippen MR) is 349 cm³/mol. The fourth-order valence-corrected chi connectivity index (χ4v) is 11.8. The first-order valence-electron chi connectivity index (χ1n) is 35.7. The van der Waals surface area contributed by atoms with Crippen molar-refractivity contribution >= 4 is 13.7 Å². The van der Waals surface area contributed by atoms with E-state index in [2.05, 4.69) is 31.3 Å². The number of amides is 1. The van der Waals surface area contributed by atoms with Crippen LogP contribution in [0.4, 0.5) is 0 Å². The lowest BCUT2D eigenvalue weighted by Gasteiger charge is -2.29. The quantitative estimate of drug-likeness (QED) is 0.0272. The van der Waals surface area contributed by atoms with E-state index in [0.29, 0.717) is 17.4 Å². The molecule has 0 aromatic carbocycles. The van der Waals surface area contributed by atoms with Crippen LogP contribution in [0.25, 0.3) is 0 Å². The predicted octanol–water partition coefficient (Wildman–Crippen LogP) is 22.0. The lowest BCUT2D eigenvalue weighted by Crippen LogP contribution is -2.45. The average molecular weight is 1150 g/mol. The van der Waals surface area contributed by atoms with E-state index in [4.69, 9.17) is 9.05 Å². The molecule has 3 unspecified atom stereocenters. The minimum atomic E-state index is -4.61. The van der Waals surface area contributed by atoms with Gasteiger partial charge in [0.1, 0.15) is 13.2 Å². The average Bonchev–Trinajstić information content (AvgIpc) is 3.42. The Labute approximate surface area is 500 Å². The van der Waals surface area contributed by atoms with Gasteiger partial charge >= 0.3 is 0 Å². The summed E-state index contributed by atoms with van der Waals surface area (Å²) in [5.74, 6) is -0.198. The van der Waals surface area contributed by atoms with Crippen molar-refractivity contribution in [3.63, 3.8) is 0 Å². The normalized spacial score (nSPS) is 13.7. The zero-order valence-electron chi connectivity index (χ0n) is 54.6. The van der Waals surface area contributed by atoms with Gasteiger partial charge in [-0.15, -0.1) is 0 Å². The Morgan fingerprint density at radius 2 is 0.700 bits per heavy atom. The number of nitrogens with zero attached hydrogens (tertiary/aromatic N) is 1. The molecule has 2 N–H and O–H groups in total. The van der Waals surface area contributed by atoms with E-state index in [1.807, 2.05) is 27.2 Å². The third-order valence-corrected chi connectivity index (χ3v) is 17.6. The first-order chi connectivity index (χ1) is 39.0. The van der Waals surface area contributed by atoms with Crippen LogP contribution < -0.4 is 10.2 Å². The molecular formula is C71H141N2O6P. The summed E-state index contributed by atoms with van der Waals surface area (Å²) in [5, 5.41) is 14.0. The monoisotopic (exact) mass is 1150 g/mol. The van der Waals surface area contributed by atoms with E-state index in [-0.39, 0.29) is 19.1 Å². The number of phosphoric acid groups is 1. The minimum Gasteiger partial charge on any atom is -0.756 e. The first-order valence-corrected chi connectivity index (χ1v) is 37.2. The molecule has 0 aromatic rings. The van der Waals surface area contributed by atoms with Crippen molar-refractivity contribution < 1.29 is 32.9 Å². The summed E-state index contributed by atoms with van der Waals surface area (Å²) >= 11 is 0. The molecule has 0 heterocycles. The largest absolute Gasteiger partial charge is 0.756 e. The molecule has 0 rings (SSSR count). The number of unbranched alkanes of at least 4 members (excludes halogenated alkanes) is 52. The van der Waals surface area contributed by atoms with Crippen LogP contribution in [0.3, 0.4) is 0 Å². The van der Waals surface area contributed by atoms with Gasteiger partial charge in [0.25, 0.3) is 7.82 Å². The Morgan fingerprint density at radius 3 is 1.01 bits per heavy atom. The Balaban J connectivity index is 4.06. The number of allylic oxidation sites excluding steroid dienone is 3. The summed E-state index contributed by atoms with van der Waals surface area (Å²) in [6, 6.07) is -0.902. The molecule has 0 radical (unpaired) electrons. The van der Waals surface area contributed by atoms with E-state index in [9.17, 15) is 19.4 Å².